The highest BCUT2D eigenvalue weighted by Gasteiger charge is 2.27. The summed E-state index contributed by atoms with van der Waals surface area (Å²) in [6.45, 7) is 7.78. The molecule has 1 saturated heterocycles. The van der Waals surface area contributed by atoms with Crippen LogP contribution in [0.15, 0.2) is 0 Å². The first-order chi connectivity index (χ1) is 13.7. The predicted molar refractivity (Wildman–Crippen MR) is 108 cm³/mol. The minimum absolute atomic E-state index is 0.0925. The summed E-state index contributed by atoms with van der Waals surface area (Å²) < 4.78 is 0. The van der Waals surface area contributed by atoms with Crippen molar-refractivity contribution in [2.45, 2.75) is 32.7 Å². The Hall–Kier alpha value is -1.75. The number of aliphatic carboxylic acids is 3. The second kappa shape index (κ2) is 13.5. The van der Waals surface area contributed by atoms with Crippen LogP contribution in [0.4, 0.5) is 0 Å². The largest absolute Gasteiger partial charge is 0.480 e. The third-order valence-electron chi connectivity index (χ3n) is 5.38. The van der Waals surface area contributed by atoms with Gasteiger partial charge in [-0.3, -0.25) is 29.1 Å². The van der Waals surface area contributed by atoms with E-state index in [0.29, 0.717) is 58.8 Å². The number of carboxylic acid groups (broad SMARTS) is 3. The van der Waals surface area contributed by atoms with Crippen molar-refractivity contribution in [3.8, 4) is 0 Å². The van der Waals surface area contributed by atoms with Crippen molar-refractivity contribution in [3.05, 3.63) is 0 Å². The quantitative estimate of drug-likeness (QED) is 0.392. The van der Waals surface area contributed by atoms with Crippen molar-refractivity contribution in [1.82, 2.24) is 20.0 Å². The Labute approximate surface area is 172 Å². The molecular formula is C19H36N4O6. The van der Waals surface area contributed by atoms with Gasteiger partial charge in [-0.25, -0.2) is 0 Å². The van der Waals surface area contributed by atoms with Crippen molar-refractivity contribution in [3.63, 3.8) is 0 Å². The van der Waals surface area contributed by atoms with Gasteiger partial charge >= 0.3 is 17.9 Å². The smallest absolute Gasteiger partial charge is 0.320 e. The van der Waals surface area contributed by atoms with E-state index >= 15 is 0 Å². The summed E-state index contributed by atoms with van der Waals surface area (Å²) in [6.07, 6.45) is 1.46. The van der Waals surface area contributed by atoms with Crippen molar-refractivity contribution >= 4 is 17.9 Å². The highest BCUT2D eigenvalue weighted by atomic mass is 16.4. The molecule has 1 aliphatic rings. The van der Waals surface area contributed by atoms with E-state index in [4.69, 9.17) is 5.11 Å². The van der Waals surface area contributed by atoms with E-state index in [1.54, 1.807) is 9.80 Å². The van der Waals surface area contributed by atoms with Gasteiger partial charge in [0.2, 0.25) is 0 Å². The number of nitrogens with zero attached hydrogens (tertiary/aromatic N) is 3. The molecule has 1 rings (SSSR count). The molecule has 0 aliphatic carbocycles. The fraction of sp³-hybridized carbons (Fsp3) is 0.842. The highest BCUT2D eigenvalue weighted by molar-refractivity contribution is 5.73. The first-order valence-electron chi connectivity index (χ1n) is 10.3. The van der Waals surface area contributed by atoms with Crippen molar-refractivity contribution in [2.75, 3.05) is 65.4 Å². The molecule has 0 aromatic rings. The monoisotopic (exact) mass is 416 g/mol. The molecule has 0 bridgehead atoms. The second-order valence-corrected chi connectivity index (χ2v) is 7.73. The summed E-state index contributed by atoms with van der Waals surface area (Å²) in [4.78, 5) is 39.7. The lowest BCUT2D eigenvalue weighted by Crippen LogP contribution is -2.51. The van der Waals surface area contributed by atoms with Crippen LogP contribution in [0, 0.1) is 5.92 Å². The van der Waals surface area contributed by atoms with Crippen molar-refractivity contribution < 1.29 is 29.7 Å². The third kappa shape index (κ3) is 10.6. The number of rotatable bonds is 9. The van der Waals surface area contributed by atoms with Gasteiger partial charge in [0.15, 0.2) is 0 Å². The maximum atomic E-state index is 11.9. The molecule has 10 nitrogen and oxygen atoms in total. The van der Waals surface area contributed by atoms with Gasteiger partial charge in [-0.2, -0.15) is 0 Å². The number of hydrogen-bond donors (Lipinski definition) is 4. The molecule has 10 heteroatoms. The first-order valence-corrected chi connectivity index (χ1v) is 10.3. The van der Waals surface area contributed by atoms with Crippen LogP contribution in [-0.2, 0) is 14.4 Å². The molecule has 29 heavy (non-hydrogen) atoms. The molecule has 0 saturated carbocycles. The van der Waals surface area contributed by atoms with Crippen LogP contribution in [0.1, 0.15) is 26.7 Å². The topological polar surface area (TPSA) is 134 Å². The van der Waals surface area contributed by atoms with Crippen molar-refractivity contribution in [2.24, 2.45) is 5.92 Å². The maximum absolute atomic E-state index is 11.9. The summed E-state index contributed by atoms with van der Waals surface area (Å²) in [6, 6.07) is -0.607. The minimum atomic E-state index is -0.954. The molecular weight excluding hydrogens is 380 g/mol. The lowest BCUT2D eigenvalue weighted by atomic mass is 9.98. The number of carbonyl (C=O) groups is 3. The molecule has 0 radical (unpaired) electrons. The van der Waals surface area contributed by atoms with E-state index in [9.17, 15) is 24.6 Å². The van der Waals surface area contributed by atoms with Crippen LogP contribution in [0.3, 0.4) is 0 Å². The molecule has 0 spiro atoms. The van der Waals surface area contributed by atoms with Gasteiger partial charge in [0.1, 0.15) is 6.04 Å². The van der Waals surface area contributed by atoms with Gasteiger partial charge in [0.25, 0.3) is 0 Å². The lowest BCUT2D eigenvalue weighted by molar-refractivity contribution is -0.144. The zero-order valence-corrected chi connectivity index (χ0v) is 17.5. The molecule has 1 heterocycles. The molecule has 1 aliphatic heterocycles. The fourth-order valence-corrected chi connectivity index (χ4v) is 3.44. The second-order valence-electron chi connectivity index (χ2n) is 7.73. The molecule has 1 fully saturated rings. The molecule has 168 valence electrons. The Kier molecular flexibility index (Phi) is 11.7. The van der Waals surface area contributed by atoms with E-state index in [1.165, 1.54) is 0 Å². The molecule has 0 aromatic heterocycles. The van der Waals surface area contributed by atoms with Gasteiger partial charge < -0.3 is 20.6 Å². The molecule has 2 unspecified atom stereocenters. The summed E-state index contributed by atoms with van der Waals surface area (Å²) >= 11 is 0. The van der Waals surface area contributed by atoms with Crippen LogP contribution in [0.25, 0.3) is 0 Å². The van der Waals surface area contributed by atoms with E-state index in [0.717, 1.165) is 6.42 Å². The van der Waals surface area contributed by atoms with Crippen LogP contribution in [0.5, 0.6) is 0 Å². The molecule has 2 atom stereocenters. The Morgan fingerprint density at radius 3 is 1.90 bits per heavy atom. The van der Waals surface area contributed by atoms with Gasteiger partial charge in [-0.05, 0) is 12.3 Å². The average Bonchev–Trinajstić information content (AvgIpc) is 2.63. The number of carboxylic acids is 3. The fourth-order valence-electron chi connectivity index (χ4n) is 3.44. The summed E-state index contributed by atoms with van der Waals surface area (Å²) in [5, 5.41) is 31.3. The van der Waals surface area contributed by atoms with Crippen LogP contribution in [0.2, 0.25) is 0 Å². The van der Waals surface area contributed by atoms with E-state index in [1.807, 2.05) is 18.7 Å². The standard InChI is InChI=1S/C19H36N4O6/c1-3-15(2)12-16(19(28)29)23-7-5-20-4-6-21(13-17(24)25)8-9-22(10-11-23)14-18(26)27/h15-16,20H,3-14H2,1-2H3,(H,24,25)(H,26,27)(H,28,29). The van der Waals surface area contributed by atoms with Crippen LogP contribution in [-0.4, -0.2) is 119 Å². The number of hydrogen-bond acceptors (Lipinski definition) is 7. The normalized spacial score (nSPS) is 20.9. The SMILES string of the molecule is CCC(C)CC(C(=O)O)N1CCNCCN(CC(=O)O)CCN(CC(=O)O)CC1. The van der Waals surface area contributed by atoms with Crippen LogP contribution >= 0.6 is 0 Å². The van der Waals surface area contributed by atoms with Crippen molar-refractivity contribution in [1.29, 1.82) is 0 Å². The molecule has 0 aromatic carbocycles. The van der Waals surface area contributed by atoms with Crippen LogP contribution < -0.4 is 5.32 Å². The Bertz CT molecular complexity index is 533. The average molecular weight is 417 g/mol. The Balaban J connectivity index is 2.88. The third-order valence-corrected chi connectivity index (χ3v) is 5.38. The van der Waals surface area contributed by atoms with Gasteiger partial charge in [-0.1, -0.05) is 20.3 Å². The molecule has 4 N–H and O–H groups in total. The van der Waals surface area contributed by atoms with E-state index < -0.39 is 23.9 Å². The number of nitrogens with one attached hydrogen (secondary N) is 1. The van der Waals surface area contributed by atoms with Gasteiger partial charge in [0, 0.05) is 52.4 Å². The summed E-state index contributed by atoms with van der Waals surface area (Å²) in [5.74, 6) is -2.44. The summed E-state index contributed by atoms with van der Waals surface area (Å²) in [7, 11) is 0. The zero-order valence-electron chi connectivity index (χ0n) is 17.5. The zero-order chi connectivity index (χ0) is 21.8. The van der Waals surface area contributed by atoms with E-state index in [2.05, 4.69) is 5.32 Å². The highest BCUT2D eigenvalue weighted by Crippen LogP contribution is 2.15. The lowest BCUT2D eigenvalue weighted by Gasteiger charge is -2.34. The Morgan fingerprint density at radius 1 is 0.862 bits per heavy atom. The minimum Gasteiger partial charge on any atom is -0.480 e. The first kappa shape index (κ1) is 25.3. The van der Waals surface area contributed by atoms with Gasteiger partial charge in [-0.15, -0.1) is 0 Å². The summed E-state index contributed by atoms with van der Waals surface area (Å²) in [5.41, 5.74) is 0. The van der Waals surface area contributed by atoms with Gasteiger partial charge in [0.05, 0.1) is 13.1 Å². The maximum Gasteiger partial charge on any atom is 0.320 e. The predicted octanol–water partition coefficient (Wildman–Crippen LogP) is -0.446. The Morgan fingerprint density at radius 2 is 1.38 bits per heavy atom. The molecule has 0 amide bonds. The van der Waals surface area contributed by atoms with E-state index in [-0.39, 0.29) is 19.0 Å².